The first-order valence-electron chi connectivity index (χ1n) is 8.29. The lowest BCUT2D eigenvalue weighted by Gasteiger charge is -2.35. The minimum Gasteiger partial charge on any atom is -0.383 e. The molecule has 0 atom stereocenters. The van der Waals surface area contributed by atoms with Gasteiger partial charge in [0.25, 0.3) is 5.91 Å². The fraction of sp³-hybridized carbons (Fsp3) is 0.412. The van der Waals surface area contributed by atoms with Gasteiger partial charge in [-0.3, -0.25) is 4.79 Å². The molecule has 3 heterocycles. The van der Waals surface area contributed by atoms with E-state index in [1.165, 1.54) is 0 Å². The molecule has 8 nitrogen and oxygen atoms in total. The predicted molar refractivity (Wildman–Crippen MR) is 94.9 cm³/mol. The number of carbonyl (C=O) groups excluding carboxylic acids is 1. The number of anilines is 2. The van der Waals surface area contributed by atoms with Crippen molar-refractivity contribution in [3.8, 4) is 0 Å². The van der Waals surface area contributed by atoms with Gasteiger partial charge in [0.2, 0.25) is 5.95 Å². The van der Waals surface area contributed by atoms with Crippen molar-refractivity contribution in [2.24, 2.45) is 0 Å². The fourth-order valence-corrected chi connectivity index (χ4v) is 2.66. The number of amides is 1. The molecule has 0 aliphatic carbocycles. The molecule has 2 aromatic rings. The average molecular weight is 342 g/mol. The van der Waals surface area contributed by atoms with Crippen molar-refractivity contribution in [2.75, 3.05) is 56.2 Å². The zero-order valence-corrected chi connectivity index (χ0v) is 14.3. The minimum absolute atomic E-state index is 0.215. The zero-order chi connectivity index (χ0) is 17.5. The predicted octanol–water partition coefficient (Wildman–Crippen LogP) is 0.574. The Labute approximate surface area is 146 Å². The van der Waals surface area contributed by atoms with Crippen LogP contribution in [0.3, 0.4) is 0 Å². The van der Waals surface area contributed by atoms with Crippen molar-refractivity contribution in [1.82, 2.24) is 20.3 Å². The number of carbonyl (C=O) groups is 1. The van der Waals surface area contributed by atoms with E-state index in [2.05, 4.69) is 30.1 Å². The molecule has 8 heteroatoms. The van der Waals surface area contributed by atoms with Crippen molar-refractivity contribution in [3.63, 3.8) is 0 Å². The normalized spacial score (nSPS) is 14.4. The van der Waals surface area contributed by atoms with Crippen LogP contribution in [0.4, 0.5) is 11.8 Å². The number of ether oxygens (including phenoxy) is 1. The molecule has 1 N–H and O–H groups in total. The second-order valence-electron chi connectivity index (χ2n) is 5.65. The Morgan fingerprint density at radius 1 is 1.12 bits per heavy atom. The number of nitrogens with one attached hydrogen (secondary N) is 1. The fourth-order valence-electron chi connectivity index (χ4n) is 2.66. The van der Waals surface area contributed by atoms with E-state index in [0.29, 0.717) is 24.8 Å². The van der Waals surface area contributed by atoms with Crippen LogP contribution in [0.2, 0.25) is 0 Å². The summed E-state index contributed by atoms with van der Waals surface area (Å²) in [7, 11) is 1.60. The van der Waals surface area contributed by atoms with Crippen LogP contribution in [0.5, 0.6) is 0 Å². The third kappa shape index (κ3) is 4.42. The second kappa shape index (κ2) is 8.39. The number of hydrogen-bond donors (Lipinski definition) is 1. The molecule has 1 aliphatic rings. The van der Waals surface area contributed by atoms with Crippen LogP contribution in [-0.4, -0.2) is 67.3 Å². The second-order valence-corrected chi connectivity index (χ2v) is 5.65. The summed E-state index contributed by atoms with van der Waals surface area (Å²) in [6, 6.07) is 7.53. The van der Waals surface area contributed by atoms with Gasteiger partial charge in [-0.25, -0.2) is 15.0 Å². The number of methoxy groups -OCH3 is 1. The van der Waals surface area contributed by atoms with Crippen LogP contribution in [0.25, 0.3) is 0 Å². The quantitative estimate of drug-likeness (QED) is 0.769. The standard InChI is InChI=1S/C17H22N6O2/c1-25-13-8-19-16(24)14-5-7-20-17(21-14)23-11-9-22(10-12-23)15-4-2-3-6-18-15/h2-7H,8-13H2,1H3,(H,19,24). The first-order chi connectivity index (χ1) is 12.3. The summed E-state index contributed by atoms with van der Waals surface area (Å²) in [6.45, 7) is 4.17. The Hall–Kier alpha value is -2.74. The van der Waals surface area contributed by atoms with Gasteiger partial charge in [-0.05, 0) is 18.2 Å². The highest BCUT2D eigenvalue weighted by Crippen LogP contribution is 2.15. The van der Waals surface area contributed by atoms with E-state index < -0.39 is 0 Å². The summed E-state index contributed by atoms with van der Waals surface area (Å²) in [4.78, 5) is 29.5. The molecule has 2 aromatic heterocycles. The smallest absolute Gasteiger partial charge is 0.270 e. The van der Waals surface area contributed by atoms with E-state index >= 15 is 0 Å². The lowest BCUT2D eigenvalue weighted by atomic mass is 10.3. The third-order valence-electron chi connectivity index (χ3n) is 4.00. The SMILES string of the molecule is COCCNC(=O)c1ccnc(N2CCN(c3ccccn3)CC2)n1. The lowest BCUT2D eigenvalue weighted by molar-refractivity contribution is 0.0932. The van der Waals surface area contributed by atoms with Gasteiger partial charge < -0.3 is 19.9 Å². The summed E-state index contributed by atoms with van der Waals surface area (Å²) in [5.41, 5.74) is 0.369. The molecule has 0 saturated carbocycles. The van der Waals surface area contributed by atoms with E-state index in [1.54, 1.807) is 25.6 Å². The Balaban J connectivity index is 1.60. The summed E-state index contributed by atoms with van der Waals surface area (Å²) in [5.74, 6) is 1.35. The van der Waals surface area contributed by atoms with Gasteiger partial charge in [0.1, 0.15) is 11.5 Å². The number of hydrogen-bond acceptors (Lipinski definition) is 7. The van der Waals surface area contributed by atoms with E-state index in [9.17, 15) is 4.79 Å². The molecule has 0 unspecified atom stereocenters. The number of piperazine rings is 1. The highest BCUT2D eigenvalue weighted by atomic mass is 16.5. The molecular weight excluding hydrogens is 320 g/mol. The molecule has 1 amide bonds. The molecular formula is C17H22N6O2. The van der Waals surface area contributed by atoms with E-state index in [-0.39, 0.29) is 5.91 Å². The summed E-state index contributed by atoms with van der Waals surface area (Å²) >= 11 is 0. The number of rotatable bonds is 6. The maximum Gasteiger partial charge on any atom is 0.270 e. The number of nitrogens with zero attached hydrogens (tertiary/aromatic N) is 5. The molecule has 0 radical (unpaired) electrons. The molecule has 1 saturated heterocycles. The van der Waals surface area contributed by atoms with E-state index in [4.69, 9.17) is 4.74 Å². The number of pyridine rings is 1. The minimum atomic E-state index is -0.215. The van der Waals surface area contributed by atoms with Crippen LogP contribution in [0.1, 0.15) is 10.5 Å². The Kier molecular flexibility index (Phi) is 5.73. The van der Waals surface area contributed by atoms with Crippen LogP contribution >= 0.6 is 0 Å². The van der Waals surface area contributed by atoms with Gasteiger partial charge in [0.15, 0.2) is 0 Å². The van der Waals surface area contributed by atoms with Crippen molar-refractivity contribution < 1.29 is 9.53 Å². The highest BCUT2D eigenvalue weighted by Gasteiger charge is 2.20. The molecule has 3 rings (SSSR count). The molecule has 1 fully saturated rings. The highest BCUT2D eigenvalue weighted by molar-refractivity contribution is 5.92. The van der Waals surface area contributed by atoms with Crippen molar-refractivity contribution in [1.29, 1.82) is 0 Å². The Bertz CT molecular complexity index is 689. The third-order valence-corrected chi connectivity index (χ3v) is 4.00. The summed E-state index contributed by atoms with van der Waals surface area (Å²) in [5, 5.41) is 2.77. The van der Waals surface area contributed by atoms with Gasteiger partial charge in [0, 0.05) is 52.2 Å². The van der Waals surface area contributed by atoms with E-state index in [0.717, 1.165) is 32.0 Å². The van der Waals surface area contributed by atoms with Crippen molar-refractivity contribution in [3.05, 3.63) is 42.4 Å². The van der Waals surface area contributed by atoms with Crippen molar-refractivity contribution >= 4 is 17.7 Å². The molecule has 0 spiro atoms. The van der Waals surface area contributed by atoms with Crippen LogP contribution in [0.15, 0.2) is 36.7 Å². The van der Waals surface area contributed by atoms with Gasteiger partial charge in [-0.1, -0.05) is 6.07 Å². The molecule has 132 valence electrons. The zero-order valence-electron chi connectivity index (χ0n) is 14.3. The first-order valence-corrected chi connectivity index (χ1v) is 8.29. The summed E-state index contributed by atoms with van der Waals surface area (Å²) < 4.78 is 4.93. The van der Waals surface area contributed by atoms with Crippen molar-refractivity contribution in [2.45, 2.75) is 0 Å². The maximum absolute atomic E-state index is 12.1. The Morgan fingerprint density at radius 2 is 1.92 bits per heavy atom. The first kappa shape index (κ1) is 17.1. The maximum atomic E-state index is 12.1. The van der Waals surface area contributed by atoms with E-state index in [1.807, 2.05) is 18.2 Å². The molecule has 25 heavy (non-hydrogen) atoms. The summed E-state index contributed by atoms with van der Waals surface area (Å²) in [6.07, 6.45) is 3.43. The molecule has 1 aliphatic heterocycles. The topological polar surface area (TPSA) is 83.5 Å². The Morgan fingerprint density at radius 3 is 2.64 bits per heavy atom. The van der Waals surface area contributed by atoms with Gasteiger partial charge in [0.05, 0.1) is 6.61 Å². The monoisotopic (exact) mass is 342 g/mol. The van der Waals surface area contributed by atoms with Gasteiger partial charge in [-0.2, -0.15) is 0 Å². The molecule has 0 aromatic carbocycles. The molecule has 0 bridgehead atoms. The largest absolute Gasteiger partial charge is 0.383 e. The van der Waals surface area contributed by atoms with Gasteiger partial charge >= 0.3 is 0 Å². The van der Waals surface area contributed by atoms with Crippen LogP contribution in [0, 0.1) is 0 Å². The van der Waals surface area contributed by atoms with Gasteiger partial charge in [-0.15, -0.1) is 0 Å². The van der Waals surface area contributed by atoms with Crippen LogP contribution < -0.4 is 15.1 Å². The van der Waals surface area contributed by atoms with Crippen LogP contribution in [-0.2, 0) is 4.74 Å². The lowest BCUT2D eigenvalue weighted by Crippen LogP contribution is -2.47. The number of aromatic nitrogens is 3. The average Bonchev–Trinajstić information content (AvgIpc) is 2.69.